The number of carbonyl (C=O) groups excluding carboxylic acids is 1. The van der Waals surface area contributed by atoms with Gasteiger partial charge in [-0.25, -0.2) is 13.8 Å². The lowest BCUT2D eigenvalue weighted by atomic mass is 10.1. The number of halogens is 1. The first-order chi connectivity index (χ1) is 15.3. The van der Waals surface area contributed by atoms with E-state index in [4.69, 9.17) is 11.6 Å². The second kappa shape index (κ2) is 11.0. The van der Waals surface area contributed by atoms with Crippen LogP contribution in [0.15, 0.2) is 88.9 Å². The summed E-state index contributed by atoms with van der Waals surface area (Å²) in [5, 5.41) is 4.38. The Hall–Kier alpha value is -3.00. The molecule has 0 saturated heterocycles. The predicted molar refractivity (Wildman–Crippen MR) is 127 cm³/mol. The SMILES string of the molecule is Cc1ccc(/C=N\NC(=O)CN(CCc2ccccc2)S(=O)(=O)c2ccc(Cl)cc2)cc1. The van der Waals surface area contributed by atoms with E-state index in [0.29, 0.717) is 11.4 Å². The molecule has 0 aliphatic carbocycles. The summed E-state index contributed by atoms with van der Waals surface area (Å²) in [5.41, 5.74) is 5.33. The summed E-state index contributed by atoms with van der Waals surface area (Å²) in [7, 11) is -3.90. The van der Waals surface area contributed by atoms with Crippen LogP contribution in [0.2, 0.25) is 5.02 Å². The topological polar surface area (TPSA) is 78.8 Å². The van der Waals surface area contributed by atoms with Crippen LogP contribution in [-0.4, -0.2) is 37.9 Å². The number of hydrogen-bond donors (Lipinski definition) is 1. The van der Waals surface area contributed by atoms with Crippen LogP contribution in [0.1, 0.15) is 16.7 Å². The normalized spacial score (nSPS) is 11.7. The van der Waals surface area contributed by atoms with E-state index in [1.165, 1.54) is 30.5 Å². The molecule has 0 unspecified atom stereocenters. The smallest absolute Gasteiger partial charge is 0.255 e. The summed E-state index contributed by atoms with van der Waals surface area (Å²) in [6.07, 6.45) is 1.98. The molecule has 0 atom stereocenters. The van der Waals surface area contributed by atoms with Gasteiger partial charge in [0.1, 0.15) is 0 Å². The Kier molecular flexibility index (Phi) is 8.16. The monoisotopic (exact) mass is 469 g/mol. The second-order valence-electron chi connectivity index (χ2n) is 7.23. The van der Waals surface area contributed by atoms with E-state index >= 15 is 0 Å². The molecule has 0 aromatic heterocycles. The predicted octanol–water partition coefficient (Wildman–Crippen LogP) is 4.03. The van der Waals surface area contributed by atoms with Gasteiger partial charge in [0.05, 0.1) is 17.7 Å². The van der Waals surface area contributed by atoms with E-state index in [1.54, 1.807) is 0 Å². The average Bonchev–Trinajstić information content (AvgIpc) is 2.79. The molecule has 0 saturated carbocycles. The third kappa shape index (κ3) is 6.75. The maximum atomic E-state index is 13.2. The van der Waals surface area contributed by atoms with Crippen LogP contribution in [-0.2, 0) is 21.2 Å². The lowest BCUT2D eigenvalue weighted by Crippen LogP contribution is -2.40. The number of hydrogen-bond acceptors (Lipinski definition) is 4. The minimum atomic E-state index is -3.90. The summed E-state index contributed by atoms with van der Waals surface area (Å²) in [6.45, 7) is 1.76. The minimum absolute atomic E-state index is 0.0749. The number of amides is 1. The Balaban J connectivity index is 1.72. The summed E-state index contributed by atoms with van der Waals surface area (Å²) in [5.74, 6) is -0.529. The third-order valence-electron chi connectivity index (χ3n) is 4.74. The Morgan fingerprint density at radius 3 is 2.31 bits per heavy atom. The van der Waals surface area contributed by atoms with Crippen molar-refractivity contribution in [2.24, 2.45) is 5.10 Å². The molecule has 0 bridgehead atoms. The first-order valence-corrected chi connectivity index (χ1v) is 11.8. The lowest BCUT2D eigenvalue weighted by Gasteiger charge is -2.21. The number of nitrogens with one attached hydrogen (secondary N) is 1. The highest BCUT2D eigenvalue weighted by Crippen LogP contribution is 2.19. The number of carbonyl (C=O) groups is 1. The molecule has 1 amide bonds. The van der Waals surface area contributed by atoms with Gasteiger partial charge in [-0.3, -0.25) is 4.79 Å². The molecule has 0 aliphatic rings. The van der Waals surface area contributed by atoms with E-state index in [0.717, 1.165) is 21.0 Å². The van der Waals surface area contributed by atoms with E-state index in [9.17, 15) is 13.2 Å². The molecule has 0 radical (unpaired) electrons. The van der Waals surface area contributed by atoms with E-state index in [-0.39, 0.29) is 18.0 Å². The van der Waals surface area contributed by atoms with Gasteiger partial charge in [-0.15, -0.1) is 0 Å². The largest absolute Gasteiger partial charge is 0.272 e. The molecule has 0 spiro atoms. The lowest BCUT2D eigenvalue weighted by molar-refractivity contribution is -0.121. The Morgan fingerprint density at radius 2 is 1.66 bits per heavy atom. The summed E-state index contributed by atoms with van der Waals surface area (Å²) < 4.78 is 27.5. The Labute approximate surface area is 193 Å². The van der Waals surface area contributed by atoms with Crippen molar-refractivity contribution in [3.63, 3.8) is 0 Å². The molecule has 6 nitrogen and oxygen atoms in total. The van der Waals surface area contributed by atoms with Gasteiger partial charge < -0.3 is 0 Å². The Bertz CT molecular complexity index is 1160. The van der Waals surface area contributed by atoms with Crippen molar-refractivity contribution in [3.05, 3.63) is 101 Å². The third-order valence-corrected chi connectivity index (χ3v) is 6.86. The fourth-order valence-electron chi connectivity index (χ4n) is 2.97. The highest BCUT2D eigenvalue weighted by Gasteiger charge is 2.26. The molecule has 3 aromatic carbocycles. The van der Waals surface area contributed by atoms with Crippen LogP contribution in [0.5, 0.6) is 0 Å². The fraction of sp³-hybridized carbons (Fsp3) is 0.167. The van der Waals surface area contributed by atoms with Crippen LogP contribution < -0.4 is 5.43 Å². The fourth-order valence-corrected chi connectivity index (χ4v) is 4.49. The molecule has 3 rings (SSSR count). The number of sulfonamides is 1. The van der Waals surface area contributed by atoms with Gasteiger partial charge >= 0.3 is 0 Å². The maximum absolute atomic E-state index is 13.2. The zero-order chi connectivity index (χ0) is 23.0. The molecule has 8 heteroatoms. The molecular formula is C24H24ClN3O3S. The van der Waals surface area contributed by atoms with Crippen LogP contribution in [0.4, 0.5) is 0 Å². The van der Waals surface area contributed by atoms with Gasteiger partial charge in [-0.2, -0.15) is 9.41 Å². The molecule has 0 fully saturated rings. The van der Waals surface area contributed by atoms with Crippen LogP contribution in [0, 0.1) is 6.92 Å². The van der Waals surface area contributed by atoms with Crippen molar-refractivity contribution in [1.29, 1.82) is 0 Å². The van der Waals surface area contributed by atoms with Gasteiger partial charge in [0, 0.05) is 11.6 Å². The first-order valence-electron chi connectivity index (χ1n) is 10.0. The van der Waals surface area contributed by atoms with E-state index in [2.05, 4.69) is 10.5 Å². The summed E-state index contributed by atoms with van der Waals surface area (Å²) in [6, 6.07) is 23.0. The highest BCUT2D eigenvalue weighted by atomic mass is 35.5. The van der Waals surface area contributed by atoms with Crippen molar-refractivity contribution in [3.8, 4) is 0 Å². The van der Waals surface area contributed by atoms with Gasteiger partial charge in [0.15, 0.2) is 0 Å². The van der Waals surface area contributed by atoms with Crippen LogP contribution in [0.3, 0.4) is 0 Å². The van der Waals surface area contributed by atoms with E-state index < -0.39 is 15.9 Å². The zero-order valence-electron chi connectivity index (χ0n) is 17.6. The second-order valence-corrected chi connectivity index (χ2v) is 9.61. The number of benzene rings is 3. The maximum Gasteiger partial charge on any atom is 0.255 e. The molecule has 1 N–H and O–H groups in total. The van der Waals surface area contributed by atoms with Crippen LogP contribution >= 0.6 is 11.6 Å². The molecule has 0 aliphatic heterocycles. The van der Waals surface area contributed by atoms with Gasteiger partial charge in [-0.1, -0.05) is 71.8 Å². The summed E-state index contributed by atoms with van der Waals surface area (Å²) in [4.78, 5) is 12.6. The Morgan fingerprint density at radius 1 is 1.00 bits per heavy atom. The molecular weight excluding hydrogens is 446 g/mol. The van der Waals surface area contributed by atoms with Crippen molar-refractivity contribution in [2.45, 2.75) is 18.2 Å². The highest BCUT2D eigenvalue weighted by molar-refractivity contribution is 7.89. The van der Waals surface area contributed by atoms with Crippen LogP contribution in [0.25, 0.3) is 0 Å². The molecule has 3 aromatic rings. The zero-order valence-corrected chi connectivity index (χ0v) is 19.2. The molecule has 166 valence electrons. The number of nitrogens with zero attached hydrogens (tertiary/aromatic N) is 2. The summed E-state index contributed by atoms with van der Waals surface area (Å²) >= 11 is 5.89. The van der Waals surface area contributed by atoms with Crippen molar-refractivity contribution in [1.82, 2.24) is 9.73 Å². The van der Waals surface area contributed by atoms with Crippen molar-refractivity contribution in [2.75, 3.05) is 13.1 Å². The number of hydrazone groups is 1. The molecule has 32 heavy (non-hydrogen) atoms. The quantitative estimate of drug-likeness (QED) is 0.379. The average molecular weight is 470 g/mol. The molecule has 0 heterocycles. The van der Waals surface area contributed by atoms with E-state index in [1.807, 2.05) is 61.5 Å². The standard InChI is InChI=1S/C24H24ClN3O3S/c1-19-7-9-21(10-8-19)17-26-27-24(29)18-28(16-15-20-5-3-2-4-6-20)32(30,31)23-13-11-22(25)12-14-23/h2-14,17H,15-16,18H2,1H3,(H,27,29)/b26-17-. The first kappa shape index (κ1) is 23.7. The van der Waals surface area contributed by atoms with Gasteiger partial charge in [0.2, 0.25) is 10.0 Å². The van der Waals surface area contributed by atoms with Gasteiger partial charge in [0.25, 0.3) is 5.91 Å². The van der Waals surface area contributed by atoms with Gasteiger partial charge in [-0.05, 0) is 48.7 Å². The minimum Gasteiger partial charge on any atom is -0.272 e. The van der Waals surface area contributed by atoms with Crippen molar-refractivity contribution >= 4 is 33.7 Å². The number of aryl methyl sites for hydroxylation is 1. The van der Waals surface area contributed by atoms with Crippen molar-refractivity contribution < 1.29 is 13.2 Å². The number of rotatable bonds is 9.